The predicted molar refractivity (Wildman–Crippen MR) is 104 cm³/mol. The summed E-state index contributed by atoms with van der Waals surface area (Å²) in [7, 11) is 0. The van der Waals surface area contributed by atoms with Crippen LogP contribution in [0.5, 0.6) is 0 Å². The fourth-order valence-corrected chi connectivity index (χ4v) is 3.57. The summed E-state index contributed by atoms with van der Waals surface area (Å²) in [6.45, 7) is 1.95. The first kappa shape index (κ1) is 18.2. The molecular weight excluding hydrogens is 324 g/mol. The molecule has 2 aromatic rings. The van der Waals surface area contributed by atoms with Crippen LogP contribution in [-0.2, 0) is 4.79 Å². The predicted octanol–water partition coefficient (Wildman–Crippen LogP) is 4.70. The third kappa shape index (κ3) is 4.72. The molecule has 0 aromatic heterocycles. The lowest BCUT2D eigenvalue weighted by molar-refractivity contribution is -0.117. The summed E-state index contributed by atoms with van der Waals surface area (Å²) in [5.41, 5.74) is 2.12. The third-order valence-electron chi connectivity index (χ3n) is 5.04. The average molecular weight is 350 g/mol. The van der Waals surface area contributed by atoms with Gasteiger partial charge in [-0.2, -0.15) is 0 Å². The summed E-state index contributed by atoms with van der Waals surface area (Å²) in [6, 6.07) is 16.9. The van der Waals surface area contributed by atoms with Gasteiger partial charge in [0.15, 0.2) is 0 Å². The van der Waals surface area contributed by atoms with Crippen LogP contribution in [0.15, 0.2) is 54.6 Å². The lowest BCUT2D eigenvalue weighted by atomic mass is 10.0. The Morgan fingerprint density at radius 1 is 1.00 bits per heavy atom. The molecule has 0 spiro atoms. The minimum atomic E-state index is -0.182. The largest absolute Gasteiger partial charge is 0.345 e. The maximum absolute atomic E-state index is 12.7. The van der Waals surface area contributed by atoms with Gasteiger partial charge in [-0.25, -0.2) is 0 Å². The highest BCUT2D eigenvalue weighted by molar-refractivity contribution is 6.03. The smallest absolute Gasteiger partial charge is 0.253 e. The minimum Gasteiger partial charge on any atom is -0.345 e. The Labute approximate surface area is 155 Å². The molecule has 136 valence electrons. The fourth-order valence-electron chi connectivity index (χ4n) is 3.57. The molecule has 4 heteroatoms. The molecular formula is C22H26N2O2. The summed E-state index contributed by atoms with van der Waals surface area (Å²) < 4.78 is 0. The molecule has 1 saturated carbocycles. The average Bonchev–Trinajstić information content (AvgIpc) is 3.15. The van der Waals surface area contributed by atoms with Gasteiger partial charge >= 0.3 is 0 Å². The Balaban J connectivity index is 1.65. The normalized spacial score (nSPS) is 15.4. The molecule has 26 heavy (non-hydrogen) atoms. The zero-order valence-corrected chi connectivity index (χ0v) is 15.2. The van der Waals surface area contributed by atoms with Crippen molar-refractivity contribution in [3.63, 3.8) is 0 Å². The van der Waals surface area contributed by atoms with Crippen LogP contribution in [0.25, 0.3) is 0 Å². The number of benzene rings is 2. The van der Waals surface area contributed by atoms with Gasteiger partial charge in [0.05, 0.1) is 17.3 Å². The van der Waals surface area contributed by atoms with Crippen molar-refractivity contribution >= 4 is 17.5 Å². The number of hydrogen-bond acceptors (Lipinski definition) is 2. The van der Waals surface area contributed by atoms with E-state index < -0.39 is 0 Å². The van der Waals surface area contributed by atoms with Crippen LogP contribution < -0.4 is 10.6 Å². The molecule has 1 unspecified atom stereocenters. The Kier molecular flexibility index (Phi) is 6.05. The molecule has 0 heterocycles. The van der Waals surface area contributed by atoms with Crippen molar-refractivity contribution in [3.05, 3.63) is 65.7 Å². The van der Waals surface area contributed by atoms with E-state index in [-0.39, 0.29) is 17.9 Å². The molecule has 0 bridgehead atoms. The molecule has 1 aliphatic rings. The highest BCUT2D eigenvalue weighted by Gasteiger charge is 2.20. The van der Waals surface area contributed by atoms with Crippen LogP contribution in [-0.4, -0.2) is 11.8 Å². The standard InChI is InChI=1S/C22H26N2O2/c1-16(18-11-3-2-4-12-18)23-22(26)19-13-7-8-14-20(19)24-21(25)15-17-9-5-6-10-17/h2-4,7-8,11-14,16-17H,5-6,9-10,15H2,1H3,(H,23,26)(H,24,25). The first-order valence-corrected chi connectivity index (χ1v) is 9.38. The summed E-state index contributed by atoms with van der Waals surface area (Å²) in [5.74, 6) is 0.292. The SMILES string of the molecule is CC(NC(=O)c1ccccc1NC(=O)CC1CCCC1)c1ccccc1. The van der Waals surface area contributed by atoms with Gasteiger partial charge in [0.25, 0.3) is 5.91 Å². The number of rotatable bonds is 6. The van der Waals surface area contributed by atoms with Gasteiger partial charge in [-0.1, -0.05) is 55.3 Å². The molecule has 2 aromatic carbocycles. The Hall–Kier alpha value is -2.62. The Bertz CT molecular complexity index is 752. The second kappa shape index (κ2) is 8.65. The summed E-state index contributed by atoms with van der Waals surface area (Å²) in [5, 5.41) is 5.94. The van der Waals surface area contributed by atoms with Crippen LogP contribution >= 0.6 is 0 Å². The second-order valence-corrected chi connectivity index (χ2v) is 7.05. The molecule has 1 fully saturated rings. The lowest BCUT2D eigenvalue weighted by Crippen LogP contribution is -2.28. The van der Waals surface area contributed by atoms with Crippen molar-refractivity contribution in [2.75, 3.05) is 5.32 Å². The molecule has 0 saturated heterocycles. The van der Waals surface area contributed by atoms with Crippen molar-refractivity contribution in [2.24, 2.45) is 5.92 Å². The van der Waals surface area contributed by atoms with E-state index in [1.807, 2.05) is 49.4 Å². The van der Waals surface area contributed by atoms with Gasteiger partial charge in [0, 0.05) is 6.42 Å². The molecule has 1 aliphatic carbocycles. The maximum atomic E-state index is 12.7. The van der Waals surface area contributed by atoms with E-state index >= 15 is 0 Å². The maximum Gasteiger partial charge on any atom is 0.253 e. The number of carbonyl (C=O) groups is 2. The van der Waals surface area contributed by atoms with E-state index in [4.69, 9.17) is 0 Å². The topological polar surface area (TPSA) is 58.2 Å². The zero-order valence-electron chi connectivity index (χ0n) is 15.2. The number of anilines is 1. The highest BCUT2D eigenvalue weighted by atomic mass is 16.2. The lowest BCUT2D eigenvalue weighted by Gasteiger charge is -2.17. The summed E-state index contributed by atoms with van der Waals surface area (Å²) >= 11 is 0. The monoisotopic (exact) mass is 350 g/mol. The van der Waals surface area contributed by atoms with Crippen molar-refractivity contribution in [1.82, 2.24) is 5.32 Å². The van der Waals surface area contributed by atoms with Crippen molar-refractivity contribution in [1.29, 1.82) is 0 Å². The second-order valence-electron chi connectivity index (χ2n) is 7.05. The Morgan fingerprint density at radius 2 is 1.65 bits per heavy atom. The number of para-hydroxylation sites is 1. The summed E-state index contributed by atoms with van der Waals surface area (Å²) in [6.07, 6.45) is 5.23. The van der Waals surface area contributed by atoms with Gasteiger partial charge < -0.3 is 10.6 Å². The number of carbonyl (C=O) groups excluding carboxylic acids is 2. The molecule has 4 nitrogen and oxygen atoms in total. The van der Waals surface area contributed by atoms with E-state index in [1.54, 1.807) is 12.1 Å². The van der Waals surface area contributed by atoms with Crippen LogP contribution in [0.1, 0.15) is 61.0 Å². The number of nitrogens with one attached hydrogen (secondary N) is 2. The molecule has 2 amide bonds. The molecule has 1 atom stereocenters. The fraction of sp³-hybridized carbons (Fsp3) is 0.364. The quantitative estimate of drug-likeness (QED) is 0.793. The Morgan fingerprint density at radius 3 is 2.38 bits per heavy atom. The van der Waals surface area contributed by atoms with Gasteiger partial charge in [-0.15, -0.1) is 0 Å². The number of amides is 2. The van der Waals surface area contributed by atoms with Crippen molar-refractivity contribution in [2.45, 2.75) is 45.1 Å². The van der Waals surface area contributed by atoms with E-state index in [0.29, 0.717) is 23.6 Å². The van der Waals surface area contributed by atoms with Crippen molar-refractivity contribution < 1.29 is 9.59 Å². The molecule has 0 radical (unpaired) electrons. The van der Waals surface area contributed by atoms with Gasteiger partial charge in [0.2, 0.25) is 5.91 Å². The molecule has 0 aliphatic heterocycles. The van der Waals surface area contributed by atoms with Crippen molar-refractivity contribution in [3.8, 4) is 0 Å². The molecule has 3 rings (SSSR count). The first-order chi connectivity index (χ1) is 12.6. The van der Waals surface area contributed by atoms with E-state index in [0.717, 1.165) is 18.4 Å². The number of hydrogen-bond donors (Lipinski definition) is 2. The van der Waals surface area contributed by atoms with Gasteiger partial charge in [-0.05, 0) is 43.4 Å². The molecule has 2 N–H and O–H groups in total. The van der Waals surface area contributed by atoms with Crippen LogP contribution in [0.3, 0.4) is 0 Å². The van der Waals surface area contributed by atoms with Crippen LogP contribution in [0.4, 0.5) is 5.69 Å². The summed E-state index contributed by atoms with van der Waals surface area (Å²) in [4.78, 5) is 25.1. The van der Waals surface area contributed by atoms with E-state index in [9.17, 15) is 9.59 Å². The highest BCUT2D eigenvalue weighted by Crippen LogP contribution is 2.28. The third-order valence-corrected chi connectivity index (χ3v) is 5.04. The first-order valence-electron chi connectivity index (χ1n) is 9.38. The van der Waals surface area contributed by atoms with Gasteiger partial charge in [0.1, 0.15) is 0 Å². The van der Waals surface area contributed by atoms with Gasteiger partial charge in [-0.3, -0.25) is 9.59 Å². The van der Waals surface area contributed by atoms with E-state index in [2.05, 4.69) is 10.6 Å². The van der Waals surface area contributed by atoms with Crippen LogP contribution in [0.2, 0.25) is 0 Å². The minimum absolute atomic E-state index is 0.00624. The van der Waals surface area contributed by atoms with Crippen LogP contribution in [0, 0.1) is 5.92 Å². The zero-order chi connectivity index (χ0) is 18.4. The van der Waals surface area contributed by atoms with E-state index in [1.165, 1.54) is 12.8 Å².